The molecular weight excluding hydrogens is 1440 g/mol. The van der Waals surface area contributed by atoms with Crippen molar-refractivity contribution in [1.29, 1.82) is 0 Å². The Bertz CT molecular complexity index is 5880. The second-order valence-electron chi connectivity index (χ2n) is 26.8. The summed E-state index contributed by atoms with van der Waals surface area (Å²) in [4.78, 5) is 14.6. The number of rotatable bonds is 17. The molecule has 18 rings (SSSR count). The number of fused-ring (bicyclic) bond motifs is 6. The van der Waals surface area contributed by atoms with Gasteiger partial charge in [-0.2, -0.15) is 0 Å². The van der Waals surface area contributed by atoms with E-state index in [1.54, 1.807) is 0 Å². The van der Waals surface area contributed by atoms with E-state index in [1.807, 2.05) is 30.7 Å². The van der Waals surface area contributed by atoms with Crippen LogP contribution >= 0.6 is 0 Å². The molecule has 5 aromatic heterocycles. The van der Waals surface area contributed by atoms with Crippen LogP contribution in [-0.2, 0) is 45.8 Å². The fourth-order valence-electron chi connectivity index (χ4n) is 15.2. The fourth-order valence-corrected chi connectivity index (χ4v) is 15.2. The summed E-state index contributed by atoms with van der Waals surface area (Å²) in [7, 11) is 0. The molecule has 0 aliphatic heterocycles. The van der Waals surface area contributed by atoms with Gasteiger partial charge in [-0.1, -0.05) is 272 Å². The van der Waals surface area contributed by atoms with E-state index in [0.29, 0.717) is 0 Å². The summed E-state index contributed by atoms with van der Waals surface area (Å²) in [6.45, 7) is 2.08. The first-order valence-corrected chi connectivity index (χ1v) is 35.4. The van der Waals surface area contributed by atoms with Gasteiger partial charge in [-0.3, -0.25) is 0 Å². The summed E-state index contributed by atoms with van der Waals surface area (Å²) in [5.74, 6) is 0. The van der Waals surface area contributed by atoms with Crippen molar-refractivity contribution in [3.8, 4) is 112 Å². The Labute approximate surface area is 620 Å². The van der Waals surface area contributed by atoms with Crippen molar-refractivity contribution in [1.82, 2.24) is 24.1 Å². The molecule has 494 valence electrons. The number of hydrogen-bond acceptors (Lipinski definition) is 3. The fraction of sp³-hybridized carbons (Fsp3) is 0.0510. The van der Waals surface area contributed by atoms with Gasteiger partial charge < -0.3 is 24.1 Å². The van der Waals surface area contributed by atoms with E-state index in [1.165, 1.54) is 77.2 Å². The Hall–Kier alpha value is -12.4. The van der Waals surface area contributed by atoms with Crippen LogP contribution in [0.15, 0.2) is 346 Å². The molecule has 0 fully saturated rings. The van der Waals surface area contributed by atoms with Gasteiger partial charge >= 0.3 is 20.1 Å². The van der Waals surface area contributed by atoms with Crippen LogP contribution in [0.1, 0.15) is 27.8 Å². The van der Waals surface area contributed by atoms with Crippen molar-refractivity contribution in [3.05, 3.63) is 392 Å². The van der Waals surface area contributed by atoms with Crippen LogP contribution in [0.3, 0.4) is 0 Å². The molecule has 0 amide bonds. The van der Waals surface area contributed by atoms with Crippen LogP contribution < -0.4 is 0 Å². The zero-order valence-electron chi connectivity index (χ0n) is 57.3. The Morgan fingerprint density at radius 1 is 0.279 bits per heavy atom. The Morgan fingerprint density at radius 3 is 1.21 bits per heavy atom. The van der Waals surface area contributed by atoms with Gasteiger partial charge in [-0.05, 0) is 164 Å². The minimum atomic E-state index is 0. The topological polar surface area (TPSA) is 48.5 Å². The SMILES string of the molecule is Cc1ccc(-c2[c-]cc(-c3ccccc3-c3cc(CCc4c[c-]c(-c5ccccn5)cc4-n4c5ccccc5c5cc(-c6ccccc6)ccc54)cc(CCc4c[c-]c(-c5ccccn5)cc4-n4c5ccccc5c5cc(-c6ccccc6)ccc54)c3)c(-c3ccc(-c4ccccc4)cc3)c2)nc1.[Ir+3]. The molecule has 0 saturated heterocycles. The number of pyridine rings is 3. The number of nitrogens with zero attached hydrogens (tertiary/aromatic N) is 5. The minimum absolute atomic E-state index is 0. The third-order valence-corrected chi connectivity index (χ3v) is 20.3. The normalized spacial score (nSPS) is 11.4. The van der Waals surface area contributed by atoms with Crippen molar-refractivity contribution in [2.45, 2.75) is 32.6 Å². The molecule has 13 aromatic carbocycles. The van der Waals surface area contributed by atoms with E-state index in [2.05, 4.69) is 350 Å². The number of para-hydroxylation sites is 2. The summed E-state index contributed by atoms with van der Waals surface area (Å²) >= 11 is 0. The Balaban J connectivity index is 0.00000800. The third-order valence-electron chi connectivity index (χ3n) is 20.3. The molecule has 104 heavy (non-hydrogen) atoms. The summed E-state index contributed by atoms with van der Waals surface area (Å²) in [5, 5.41) is 4.83. The summed E-state index contributed by atoms with van der Waals surface area (Å²) in [5.41, 5.74) is 32.2. The van der Waals surface area contributed by atoms with Crippen molar-refractivity contribution < 1.29 is 20.1 Å². The molecule has 0 bridgehead atoms. The molecule has 0 unspecified atom stereocenters. The summed E-state index contributed by atoms with van der Waals surface area (Å²) < 4.78 is 4.95. The van der Waals surface area contributed by atoms with Gasteiger partial charge in [-0.25, -0.2) is 0 Å². The van der Waals surface area contributed by atoms with Crippen molar-refractivity contribution in [2.24, 2.45) is 0 Å². The van der Waals surface area contributed by atoms with Crippen molar-refractivity contribution in [3.63, 3.8) is 0 Å². The van der Waals surface area contributed by atoms with Crippen molar-refractivity contribution >= 4 is 43.6 Å². The first-order valence-electron chi connectivity index (χ1n) is 35.4. The molecule has 18 aromatic rings. The van der Waals surface area contributed by atoms with E-state index in [4.69, 9.17) is 15.0 Å². The first kappa shape index (κ1) is 64.9. The molecule has 0 spiro atoms. The van der Waals surface area contributed by atoms with Crippen LogP contribution in [0.25, 0.3) is 156 Å². The largest absolute Gasteiger partial charge is 3.00 e. The summed E-state index contributed by atoms with van der Waals surface area (Å²) in [6.07, 6.45) is 8.69. The smallest absolute Gasteiger partial charge is 0.327 e. The van der Waals surface area contributed by atoms with Crippen LogP contribution in [-0.4, -0.2) is 24.1 Å². The maximum atomic E-state index is 4.92. The van der Waals surface area contributed by atoms with Crippen molar-refractivity contribution in [2.75, 3.05) is 0 Å². The average Bonchev–Trinajstić information content (AvgIpc) is 1.60. The molecule has 5 heterocycles. The quantitative estimate of drug-likeness (QED) is 0.0854. The van der Waals surface area contributed by atoms with Gasteiger partial charge in [0.15, 0.2) is 0 Å². The van der Waals surface area contributed by atoms with Gasteiger partial charge in [0.25, 0.3) is 0 Å². The average molecular weight is 1510 g/mol. The van der Waals surface area contributed by atoms with E-state index in [9.17, 15) is 0 Å². The van der Waals surface area contributed by atoms with Gasteiger partial charge in [0.1, 0.15) is 0 Å². The number of benzene rings is 13. The number of aryl methyl sites for hydroxylation is 5. The van der Waals surface area contributed by atoms with E-state index >= 15 is 0 Å². The predicted molar refractivity (Wildman–Crippen MR) is 426 cm³/mol. The molecule has 0 N–H and O–H groups in total. The van der Waals surface area contributed by atoms with E-state index in [-0.39, 0.29) is 20.1 Å². The molecule has 0 saturated carbocycles. The zero-order valence-corrected chi connectivity index (χ0v) is 59.7. The standard InChI is InChI=1S/C98H68N5.Ir/c1-66-35-52-92(101-65-66)78-48-51-84(87(62-78)73-42-40-72(41-43-73)69-21-5-2-6-22-69)83-28-12-11-27-82(83)81-58-67(36-38-74-44-46-79(90-31-17-19-55-99-90)63-97(74)102-93-33-15-13-29-85(93)88-60-76(49-53-95(88)102)70-23-7-3-8-24-70)57-68(59-81)37-39-75-45-47-80(91-32-18-20-56-100-91)64-98(75)103-94-34-16-14-30-86(94)89-61-77(50-54-96(89)103)71-25-9-4-10-26-71;/h2-35,40-45,49-65H,36-39H2,1H3;/q-3;+3. The van der Waals surface area contributed by atoms with Gasteiger partial charge in [-0.15, -0.1) is 82.4 Å². The minimum Gasteiger partial charge on any atom is -0.327 e. The van der Waals surface area contributed by atoms with Crippen LogP contribution in [0.4, 0.5) is 0 Å². The molecule has 0 aliphatic carbocycles. The maximum Gasteiger partial charge on any atom is 3.00 e. The molecule has 0 atom stereocenters. The molecule has 5 nitrogen and oxygen atoms in total. The maximum absolute atomic E-state index is 4.92. The van der Waals surface area contributed by atoms with Crippen LogP contribution in [0.5, 0.6) is 0 Å². The first-order chi connectivity index (χ1) is 51.0. The summed E-state index contributed by atoms with van der Waals surface area (Å²) in [6, 6.07) is 130. The molecule has 0 radical (unpaired) electrons. The number of hydrogen-bond donors (Lipinski definition) is 0. The van der Waals surface area contributed by atoms with Gasteiger partial charge in [0, 0.05) is 40.1 Å². The van der Waals surface area contributed by atoms with Gasteiger partial charge in [0.2, 0.25) is 0 Å². The van der Waals surface area contributed by atoms with E-state index < -0.39 is 0 Å². The Morgan fingerprint density at radius 2 is 0.702 bits per heavy atom. The molecular formula is C98H68IrN5. The zero-order chi connectivity index (χ0) is 68.6. The Kier molecular flexibility index (Phi) is 17.8. The molecule has 6 heteroatoms. The number of aromatic nitrogens is 5. The predicted octanol–water partition coefficient (Wildman–Crippen LogP) is 24.3. The van der Waals surface area contributed by atoms with Crippen LogP contribution in [0.2, 0.25) is 0 Å². The van der Waals surface area contributed by atoms with Gasteiger partial charge in [0.05, 0.1) is 22.1 Å². The monoisotopic (exact) mass is 1510 g/mol. The second kappa shape index (κ2) is 28.5. The molecule has 0 aliphatic rings. The third kappa shape index (κ3) is 12.7. The second-order valence-corrected chi connectivity index (χ2v) is 26.8. The van der Waals surface area contributed by atoms with E-state index in [0.717, 1.165) is 132 Å². The van der Waals surface area contributed by atoms with Crippen LogP contribution in [0, 0.1) is 25.1 Å².